The van der Waals surface area contributed by atoms with Gasteiger partial charge in [-0.25, -0.2) is 0 Å². The van der Waals surface area contributed by atoms with Gasteiger partial charge in [0.2, 0.25) is 0 Å². The second-order valence-corrected chi connectivity index (χ2v) is 6.57. The second-order valence-electron chi connectivity index (χ2n) is 6.57. The molecule has 1 unspecified atom stereocenters. The second kappa shape index (κ2) is 7.34. The molecule has 0 radical (unpaired) electrons. The normalized spacial score (nSPS) is 26.0. The van der Waals surface area contributed by atoms with Gasteiger partial charge in [-0.05, 0) is 49.5 Å². The minimum absolute atomic E-state index is 0.369. The summed E-state index contributed by atoms with van der Waals surface area (Å²) in [5.41, 5.74) is 1.34. The van der Waals surface area contributed by atoms with Gasteiger partial charge in [0.1, 0.15) is 0 Å². The summed E-state index contributed by atoms with van der Waals surface area (Å²) in [5.74, 6) is 0.900. The fourth-order valence-electron chi connectivity index (χ4n) is 3.31. The van der Waals surface area contributed by atoms with Crippen molar-refractivity contribution < 1.29 is 4.74 Å². The van der Waals surface area contributed by atoms with E-state index < -0.39 is 0 Å². The minimum Gasteiger partial charge on any atom is -0.374 e. The third-order valence-corrected chi connectivity index (χ3v) is 4.72. The van der Waals surface area contributed by atoms with E-state index in [0.29, 0.717) is 6.10 Å². The van der Waals surface area contributed by atoms with Crippen molar-refractivity contribution in [3.63, 3.8) is 0 Å². The van der Waals surface area contributed by atoms with E-state index in [0.717, 1.165) is 38.7 Å². The van der Waals surface area contributed by atoms with Gasteiger partial charge < -0.3 is 9.64 Å². The maximum Gasteiger partial charge on any atom is 0.0829 e. The summed E-state index contributed by atoms with van der Waals surface area (Å²) >= 11 is 0. The highest BCUT2D eigenvalue weighted by molar-refractivity contribution is 5.09. The molecular weight excluding hydrogens is 262 g/mol. The molecule has 0 saturated carbocycles. The first kappa shape index (κ1) is 14.9. The summed E-state index contributed by atoms with van der Waals surface area (Å²) in [5, 5.41) is 0. The van der Waals surface area contributed by atoms with Gasteiger partial charge in [0.05, 0.1) is 12.7 Å². The Morgan fingerprint density at radius 1 is 1.14 bits per heavy atom. The Morgan fingerprint density at radius 2 is 1.90 bits per heavy atom. The van der Waals surface area contributed by atoms with E-state index in [4.69, 9.17) is 4.74 Å². The Bertz CT molecular complexity index is 417. The lowest BCUT2D eigenvalue weighted by Gasteiger charge is -2.37. The molecule has 0 bridgehead atoms. The number of pyridine rings is 1. The van der Waals surface area contributed by atoms with Crippen LogP contribution >= 0.6 is 0 Å². The van der Waals surface area contributed by atoms with Crippen molar-refractivity contribution in [3.05, 3.63) is 30.1 Å². The van der Waals surface area contributed by atoms with Crippen LogP contribution in [-0.4, -0.2) is 60.2 Å². The number of hydrogen-bond acceptors (Lipinski definition) is 4. The molecule has 2 aliphatic rings. The minimum atomic E-state index is 0.369. The third kappa shape index (κ3) is 4.50. The van der Waals surface area contributed by atoms with Gasteiger partial charge in [-0.2, -0.15) is 0 Å². The van der Waals surface area contributed by atoms with Crippen LogP contribution in [0.5, 0.6) is 0 Å². The molecule has 1 aromatic heterocycles. The van der Waals surface area contributed by atoms with Crippen LogP contribution in [0.3, 0.4) is 0 Å². The third-order valence-electron chi connectivity index (χ3n) is 4.72. The molecule has 1 aromatic rings. The Balaban J connectivity index is 1.47. The maximum atomic E-state index is 5.98. The summed E-state index contributed by atoms with van der Waals surface area (Å²) in [6, 6.07) is 4.22. The Labute approximate surface area is 128 Å². The maximum absolute atomic E-state index is 5.98. The number of rotatable bonds is 4. The summed E-state index contributed by atoms with van der Waals surface area (Å²) < 4.78 is 5.98. The average Bonchev–Trinajstić information content (AvgIpc) is 2.51. The Kier molecular flexibility index (Phi) is 5.22. The van der Waals surface area contributed by atoms with Crippen LogP contribution in [0.2, 0.25) is 0 Å². The number of morpholine rings is 1. The summed E-state index contributed by atoms with van der Waals surface area (Å²) in [4.78, 5) is 9.18. The zero-order valence-electron chi connectivity index (χ0n) is 13.1. The molecule has 0 amide bonds. The van der Waals surface area contributed by atoms with Crippen molar-refractivity contribution in [1.82, 2.24) is 14.8 Å². The van der Waals surface area contributed by atoms with Crippen molar-refractivity contribution in [2.75, 3.05) is 39.3 Å². The Morgan fingerprint density at radius 3 is 2.67 bits per heavy atom. The lowest BCUT2D eigenvalue weighted by molar-refractivity contribution is -0.0489. The van der Waals surface area contributed by atoms with E-state index in [1.807, 2.05) is 12.4 Å². The SMILES string of the molecule is CC1CCN(CC2CN(Cc3ccncc3)CCO2)CC1. The number of likely N-dealkylation sites (tertiary alicyclic amines) is 1. The quantitative estimate of drug-likeness (QED) is 0.848. The number of ether oxygens (including phenoxy) is 1. The predicted molar refractivity (Wildman–Crippen MR) is 84.1 cm³/mol. The van der Waals surface area contributed by atoms with Crippen molar-refractivity contribution in [2.24, 2.45) is 5.92 Å². The van der Waals surface area contributed by atoms with Crippen molar-refractivity contribution in [1.29, 1.82) is 0 Å². The first-order valence-electron chi connectivity index (χ1n) is 8.25. The van der Waals surface area contributed by atoms with Crippen LogP contribution in [0.4, 0.5) is 0 Å². The smallest absolute Gasteiger partial charge is 0.0829 e. The fourth-order valence-corrected chi connectivity index (χ4v) is 3.31. The van der Waals surface area contributed by atoms with Crippen LogP contribution in [0, 0.1) is 5.92 Å². The average molecular weight is 289 g/mol. The van der Waals surface area contributed by atoms with E-state index >= 15 is 0 Å². The van der Waals surface area contributed by atoms with Gasteiger partial charge in [-0.3, -0.25) is 9.88 Å². The molecule has 4 nitrogen and oxygen atoms in total. The van der Waals surface area contributed by atoms with Crippen LogP contribution in [0.15, 0.2) is 24.5 Å². The van der Waals surface area contributed by atoms with Gasteiger partial charge >= 0.3 is 0 Å². The number of hydrogen-bond donors (Lipinski definition) is 0. The molecule has 4 heteroatoms. The highest BCUT2D eigenvalue weighted by atomic mass is 16.5. The van der Waals surface area contributed by atoms with E-state index in [1.54, 1.807) is 0 Å². The topological polar surface area (TPSA) is 28.6 Å². The lowest BCUT2D eigenvalue weighted by Crippen LogP contribution is -2.48. The van der Waals surface area contributed by atoms with E-state index in [2.05, 4.69) is 33.8 Å². The van der Waals surface area contributed by atoms with E-state index in [9.17, 15) is 0 Å². The molecule has 1 atom stereocenters. The van der Waals surface area contributed by atoms with Crippen molar-refractivity contribution in [2.45, 2.75) is 32.4 Å². The van der Waals surface area contributed by atoms with Gasteiger partial charge in [-0.15, -0.1) is 0 Å². The van der Waals surface area contributed by atoms with Crippen LogP contribution in [0.25, 0.3) is 0 Å². The van der Waals surface area contributed by atoms with Crippen LogP contribution in [0.1, 0.15) is 25.3 Å². The van der Waals surface area contributed by atoms with E-state index in [-0.39, 0.29) is 0 Å². The predicted octanol–water partition coefficient (Wildman–Crippen LogP) is 2.01. The van der Waals surface area contributed by atoms with Gasteiger partial charge in [0.15, 0.2) is 0 Å². The molecular formula is C17H27N3O. The number of nitrogens with zero attached hydrogens (tertiary/aromatic N) is 3. The molecule has 2 saturated heterocycles. The first-order chi connectivity index (χ1) is 10.3. The van der Waals surface area contributed by atoms with E-state index in [1.165, 1.54) is 31.5 Å². The highest BCUT2D eigenvalue weighted by Crippen LogP contribution is 2.18. The monoisotopic (exact) mass is 289 g/mol. The molecule has 116 valence electrons. The summed E-state index contributed by atoms with van der Waals surface area (Å²) in [6.07, 6.45) is 6.81. The zero-order chi connectivity index (χ0) is 14.5. The van der Waals surface area contributed by atoms with Crippen molar-refractivity contribution >= 4 is 0 Å². The number of aromatic nitrogens is 1. The molecule has 2 aliphatic heterocycles. The number of piperidine rings is 1. The van der Waals surface area contributed by atoms with Crippen LogP contribution in [-0.2, 0) is 11.3 Å². The fraction of sp³-hybridized carbons (Fsp3) is 0.706. The molecule has 0 aliphatic carbocycles. The highest BCUT2D eigenvalue weighted by Gasteiger charge is 2.24. The molecule has 0 spiro atoms. The van der Waals surface area contributed by atoms with Gasteiger partial charge in [-0.1, -0.05) is 6.92 Å². The molecule has 2 fully saturated rings. The molecule has 21 heavy (non-hydrogen) atoms. The standard InChI is InChI=1S/C17H27N3O/c1-15-4-8-19(9-5-15)13-17-14-20(10-11-21-17)12-16-2-6-18-7-3-16/h2-3,6-7,15,17H,4-5,8-14H2,1H3. The first-order valence-corrected chi connectivity index (χ1v) is 8.25. The molecule has 0 N–H and O–H groups in total. The summed E-state index contributed by atoms with van der Waals surface area (Å²) in [6.45, 7) is 9.91. The van der Waals surface area contributed by atoms with Crippen molar-refractivity contribution in [3.8, 4) is 0 Å². The van der Waals surface area contributed by atoms with Crippen LogP contribution < -0.4 is 0 Å². The molecule has 0 aromatic carbocycles. The zero-order valence-corrected chi connectivity index (χ0v) is 13.1. The summed E-state index contributed by atoms with van der Waals surface area (Å²) in [7, 11) is 0. The molecule has 3 heterocycles. The lowest BCUT2D eigenvalue weighted by atomic mass is 9.99. The molecule has 3 rings (SSSR count). The van der Waals surface area contributed by atoms with Gasteiger partial charge in [0.25, 0.3) is 0 Å². The Hall–Kier alpha value is -0.970. The van der Waals surface area contributed by atoms with Gasteiger partial charge in [0, 0.05) is 38.6 Å². The largest absolute Gasteiger partial charge is 0.374 e.